The Morgan fingerprint density at radius 2 is 2.00 bits per heavy atom. The normalized spacial score (nSPS) is 10.7. The lowest BCUT2D eigenvalue weighted by molar-refractivity contribution is 0.0327. The van der Waals surface area contributed by atoms with Gasteiger partial charge in [0.2, 0.25) is 0 Å². The van der Waals surface area contributed by atoms with Crippen molar-refractivity contribution in [2.24, 2.45) is 0 Å². The third kappa shape index (κ3) is 7.28. The zero-order valence-corrected chi connectivity index (χ0v) is 10.8. The van der Waals surface area contributed by atoms with Gasteiger partial charge in [-0.2, -0.15) is 0 Å². The third-order valence-electron chi connectivity index (χ3n) is 2.04. The van der Waals surface area contributed by atoms with E-state index in [4.69, 9.17) is 25.8 Å². The molecule has 0 aliphatic rings. The summed E-state index contributed by atoms with van der Waals surface area (Å²) in [5, 5.41) is 0.675. The van der Waals surface area contributed by atoms with Crippen molar-refractivity contribution in [3.8, 4) is 0 Å². The van der Waals surface area contributed by atoms with Crippen molar-refractivity contribution in [3.63, 3.8) is 0 Å². The molecule has 1 aromatic heterocycles. The summed E-state index contributed by atoms with van der Waals surface area (Å²) in [6, 6.07) is 3.53. The Bertz CT molecular complexity index is 310. The molecule has 0 spiro atoms. The molecule has 0 amide bonds. The number of pyridine rings is 1. The molecule has 1 aromatic rings. The average molecular weight is 260 g/mol. The van der Waals surface area contributed by atoms with Crippen LogP contribution in [0.1, 0.15) is 12.1 Å². The summed E-state index contributed by atoms with van der Waals surface area (Å²) < 4.78 is 15.7. The molecule has 0 N–H and O–H groups in total. The number of aromatic nitrogens is 1. The van der Waals surface area contributed by atoms with Gasteiger partial charge in [0.05, 0.1) is 25.5 Å². The fraction of sp³-hybridized carbons (Fsp3) is 0.583. The Labute approximate surface area is 107 Å². The van der Waals surface area contributed by atoms with E-state index in [-0.39, 0.29) is 0 Å². The molecule has 0 aromatic carbocycles. The van der Waals surface area contributed by atoms with Crippen LogP contribution in [-0.2, 0) is 20.8 Å². The molecule has 0 saturated heterocycles. The second-order valence-electron chi connectivity index (χ2n) is 3.48. The van der Waals surface area contributed by atoms with E-state index < -0.39 is 0 Å². The van der Waals surface area contributed by atoms with Crippen LogP contribution in [0.2, 0.25) is 5.02 Å². The maximum absolute atomic E-state index is 5.82. The minimum Gasteiger partial charge on any atom is -0.385 e. The molecule has 0 aliphatic carbocycles. The molecular formula is C12H18ClNO3. The van der Waals surface area contributed by atoms with E-state index in [2.05, 4.69) is 4.98 Å². The zero-order chi connectivity index (χ0) is 12.3. The largest absolute Gasteiger partial charge is 0.385 e. The van der Waals surface area contributed by atoms with Crippen molar-refractivity contribution in [1.82, 2.24) is 4.98 Å². The van der Waals surface area contributed by atoms with Crippen molar-refractivity contribution >= 4 is 11.6 Å². The van der Waals surface area contributed by atoms with Crippen molar-refractivity contribution in [1.29, 1.82) is 0 Å². The van der Waals surface area contributed by atoms with Gasteiger partial charge < -0.3 is 14.2 Å². The molecule has 0 aliphatic heterocycles. The van der Waals surface area contributed by atoms with Gasteiger partial charge >= 0.3 is 0 Å². The average Bonchev–Trinajstić information content (AvgIpc) is 2.33. The van der Waals surface area contributed by atoms with Gasteiger partial charge in [0, 0.05) is 31.5 Å². The molecule has 0 saturated carbocycles. The number of nitrogens with zero attached hydrogens (tertiary/aromatic N) is 1. The summed E-state index contributed by atoms with van der Waals surface area (Å²) in [6.45, 7) is 3.04. The lowest BCUT2D eigenvalue weighted by Gasteiger charge is -2.05. The highest BCUT2D eigenvalue weighted by Crippen LogP contribution is 2.08. The molecule has 0 unspecified atom stereocenters. The molecule has 96 valence electrons. The molecule has 0 fully saturated rings. The van der Waals surface area contributed by atoms with Crippen LogP contribution in [0, 0.1) is 0 Å². The predicted octanol–water partition coefficient (Wildman–Crippen LogP) is 2.30. The van der Waals surface area contributed by atoms with Crippen LogP contribution in [0.25, 0.3) is 0 Å². The summed E-state index contributed by atoms with van der Waals surface area (Å²) >= 11 is 5.82. The molecule has 1 heterocycles. The first-order valence-corrected chi connectivity index (χ1v) is 5.95. The van der Waals surface area contributed by atoms with Crippen LogP contribution in [0.5, 0.6) is 0 Å². The number of rotatable bonds is 9. The van der Waals surface area contributed by atoms with E-state index >= 15 is 0 Å². The van der Waals surface area contributed by atoms with Gasteiger partial charge in [-0.05, 0) is 18.6 Å². The fourth-order valence-corrected chi connectivity index (χ4v) is 1.41. The maximum atomic E-state index is 5.82. The third-order valence-corrected chi connectivity index (χ3v) is 2.27. The number of hydrogen-bond donors (Lipinski definition) is 0. The molecule has 0 radical (unpaired) electrons. The number of ether oxygens (including phenoxy) is 3. The molecular weight excluding hydrogens is 242 g/mol. The molecule has 4 nitrogen and oxygen atoms in total. The maximum Gasteiger partial charge on any atom is 0.0889 e. The second-order valence-corrected chi connectivity index (χ2v) is 3.91. The fourth-order valence-electron chi connectivity index (χ4n) is 1.23. The molecule has 17 heavy (non-hydrogen) atoms. The summed E-state index contributed by atoms with van der Waals surface area (Å²) in [5.74, 6) is 0. The second kappa shape index (κ2) is 9.36. The van der Waals surface area contributed by atoms with E-state index in [0.717, 1.165) is 18.7 Å². The van der Waals surface area contributed by atoms with Crippen LogP contribution in [0.15, 0.2) is 18.3 Å². The van der Waals surface area contributed by atoms with E-state index in [1.807, 2.05) is 0 Å². The minimum atomic E-state index is 0.460. The molecule has 5 heteroatoms. The predicted molar refractivity (Wildman–Crippen MR) is 66.2 cm³/mol. The molecule has 1 rings (SSSR count). The molecule has 0 atom stereocenters. The van der Waals surface area contributed by atoms with E-state index in [1.165, 1.54) is 0 Å². The lowest BCUT2D eigenvalue weighted by atomic mass is 10.4. The van der Waals surface area contributed by atoms with Gasteiger partial charge in [0.25, 0.3) is 0 Å². The van der Waals surface area contributed by atoms with Crippen LogP contribution in [0.4, 0.5) is 0 Å². The Balaban J connectivity index is 1.97. The molecule has 0 bridgehead atoms. The SMILES string of the molecule is COCCCOCCOCc1cc(Cl)ccn1. The smallest absolute Gasteiger partial charge is 0.0889 e. The first-order valence-electron chi connectivity index (χ1n) is 5.58. The van der Waals surface area contributed by atoms with Crippen molar-refractivity contribution in [2.75, 3.05) is 33.5 Å². The first kappa shape index (κ1) is 14.4. The monoisotopic (exact) mass is 259 g/mol. The summed E-state index contributed by atoms with van der Waals surface area (Å²) in [4.78, 5) is 4.13. The van der Waals surface area contributed by atoms with Crippen molar-refractivity contribution < 1.29 is 14.2 Å². The number of hydrogen-bond acceptors (Lipinski definition) is 4. The van der Waals surface area contributed by atoms with Crippen LogP contribution >= 0.6 is 11.6 Å². The summed E-state index contributed by atoms with van der Waals surface area (Å²) in [7, 11) is 1.68. The van der Waals surface area contributed by atoms with Gasteiger partial charge in [0.1, 0.15) is 0 Å². The Morgan fingerprint density at radius 1 is 1.18 bits per heavy atom. The van der Waals surface area contributed by atoms with Gasteiger partial charge in [-0.1, -0.05) is 11.6 Å². The lowest BCUT2D eigenvalue weighted by Crippen LogP contribution is -2.07. The Morgan fingerprint density at radius 3 is 2.76 bits per heavy atom. The van der Waals surface area contributed by atoms with Crippen LogP contribution in [0.3, 0.4) is 0 Å². The van der Waals surface area contributed by atoms with Gasteiger partial charge in [-0.25, -0.2) is 0 Å². The number of halogens is 1. The minimum absolute atomic E-state index is 0.460. The summed E-state index contributed by atoms with van der Waals surface area (Å²) in [5.41, 5.74) is 0.830. The Kier molecular flexibility index (Phi) is 7.92. The van der Waals surface area contributed by atoms with Crippen LogP contribution in [-0.4, -0.2) is 38.5 Å². The van der Waals surface area contributed by atoms with Gasteiger partial charge in [-0.3, -0.25) is 4.98 Å². The highest BCUT2D eigenvalue weighted by molar-refractivity contribution is 6.30. The van der Waals surface area contributed by atoms with Crippen molar-refractivity contribution in [3.05, 3.63) is 29.0 Å². The highest BCUT2D eigenvalue weighted by atomic mass is 35.5. The standard InChI is InChI=1S/C12H18ClNO3/c1-15-5-2-6-16-7-8-17-10-12-9-11(13)3-4-14-12/h3-4,9H,2,5-8,10H2,1H3. The Hall–Kier alpha value is -0.680. The zero-order valence-electron chi connectivity index (χ0n) is 10.0. The van der Waals surface area contributed by atoms with Gasteiger partial charge in [0.15, 0.2) is 0 Å². The number of methoxy groups -OCH3 is 1. The van der Waals surface area contributed by atoms with E-state index in [1.54, 1.807) is 25.4 Å². The first-order chi connectivity index (χ1) is 8.33. The highest BCUT2D eigenvalue weighted by Gasteiger charge is 1.96. The van der Waals surface area contributed by atoms with Crippen LogP contribution < -0.4 is 0 Å². The van der Waals surface area contributed by atoms with Gasteiger partial charge in [-0.15, -0.1) is 0 Å². The topological polar surface area (TPSA) is 40.6 Å². The summed E-state index contributed by atoms with van der Waals surface area (Å²) in [6.07, 6.45) is 2.58. The van der Waals surface area contributed by atoms with Crippen molar-refractivity contribution in [2.45, 2.75) is 13.0 Å². The van der Waals surface area contributed by atoms with E-state index in [0.29, 0.717) is 31.5 Å². The van der Waals surface area contributed by atoms with E-state index in [9.17, 15) is 0 Å². The quantitative estimate of drug-likeness (QED) is 0.638.